The third kappa shape index (κ3) is 4.52. The number of amides is 3. The third-order valence-electron chi connectivity index (χ3n) is 5.63. The molecular formula is C21H29N3O4. The van der Waals surface area contributed by atoms with Crippen molar-refractivity contribution in [1.29, 1.82) is 0 Å². The van der Waals surface area contributed by atoms with E-state index in [2.05, 4.69) is 5.32 Å². The van der Waals surface area contributed by atoms with Gasteiger partial charge in [-0.3, -0.25) is 14.4 Å². The Kier molecular flexibility index (Phi) is 6.67. The lowest BCUT2D eigenvalue weighted by molar-refractivity contribution is -0.134. The van der Waals surface area contributed by atoms with Crippen LogP contribution < -0.4 is 5.32 Å². The van der Waals surface area contributed by atoms with Crippen molar-refractivity contribution in [2.75, 3.05) is 39.4 Å². The number of ether oxygens (including phenoxy) is 1. The molecule has 0 aliphatic carbocycles. The zero-order chi connectivity index (χ0) is 20.1. The monoisotopic (exact) mass is 387 g/mol. The molecule has 0 aromatic heterocycles. The van der Waals surface area contributed by atoms with Crippen LogP contribution in [0.2, 0.25) is 0 Å². The average Bonchev–Trinajstić information content (AvgIpc) is 3.25. The SMILES string of the molecule is CCOCCC(=O)N1C[C@H]2CN(C(=O)CNC(C)=O)[C@H](c3ccccc3)[C@H]2C1. The van der Waals surface area contributed by atoms with E-state index < -0.39 is 0 Å². The number of fused-ring (bicyclic) bond motifs is 1. The van der Waals surface area contributed by atoms with E-state index in [-0.39, 0.29) is 42.1 Å². The standard InChI is InChI=1S/C21H29N3O4/c1-3-28-10-9-19(26)23-12-17-13-24(20(27)11-22-15(2)25)21(18(17)14-23)16-7-5-4-6-8-16/h4-8,17-18,21H,3,9-14H2,1-2H3,(H,22,25)/t17-,18-,21+/m0/s1. The molecule has 1 aromatic rings. The molecule has 28 heavy (non-hydrogen) atoms. The summed E-state index contributed by atoms with van der Waals surface area (Å²) in [5.41, 5.74) is 1.08. The first-order valence-electron chi connectivity index (χ1n) is 9.95. The second-order valence-corrected chi connectivity index (χ2v) is 7.48. The van der Waals surface area contributed by atoms with E-state index in [4.69, 9.17) is 4.74 Å². The second-order valence-electron chi connectivity index (χ2n) is 7.48. The summed E-state index contributed by atoms with van der Waals surface area (Å²) in [7, 11) is 0. The highest BCUT2D eigenvalue weighted by Gasteiger charge is 2.49. The molecule has 0 unspecified atom stereocenters. The van der Waals surface area contributed by atoms with Crippen molar-refractivity contribution in [1.82, 2.24) is 15.1 Å². The summed E-state index contributed by atoms with van der Waals surface area (Å²) >= 11 is 0. The molecule has 7 heteroatoms. The highest BCUT2D eigenvalue weighted by molar-refractivity contribution is 5.84. The zero-order valence-electron chi connectivity index (χ0n) is 16.6. The predicted octanol–water partition coefficient (Wildman–Crippen LogP) is 1.21. The Morgan fingerprint density at radius 2 is 1.86 bits per heavy atom. The van der Waals surface area contributed by atoms with Gasteiger partial charge in [-0.25, -0.2) is 0 Å². The molecule has 2 fully saturated rings. The van der Waals surface area contributed by atoms with Crippen LogP contribution in [0.5, 0.6) is 0 Å². The summed E-state index contributed by atoms with van der Waals surface area (Å²) in [6.07, 6.45) is 0.397. The van der Waals surface area contributed by atoms with Crippen molar-refractivity contribution >= 4 is 17.7 Å². The van der Waals surface area contributed by atoms with E-state index in [9.17, 15) is 14.4 Å². The lowest BCUT2D eigenvalue weighted by Crippen LogP contribution is -2.42. The van der Waals surface area contributed by atoms with Crippen LogP contribution in [-0.2, 0) is 19.1 Å². The minimum Gasteiger partial charge on any atom is -0.381 e. The van der Waals surface area contributed by atoms with Gasteiger partial charge >= 0.3 is 0 Å². The van der Waals surface area contributed by atoms with Gasteiger partial charge in [0.25, 0.3) is 0 Å². The number of carbonyl (C=O) groups excluding carboxylic acids is 3. The van der Waals surface area contributed by atoms with Gasteiger partial charge in [-0.15, -0.1) is 0 Å². The number of rotatable bonds is 7. The fourth-order valence-electron chi connectivity index (χ4n) is 4.35. The molecule has 0 saturated carbocycles. The van der Waals surface area contributed by atoms with Gasteiger partial charge in [0.05, 0.1) is 25.6 Å². The topological polar surface area (TPSA) is 79.0 Å². The van der Waals surface area contributed by atoms with Crippen molar-refractivity contribution in [3.05, 3.63) is 35.9 Å². The Morgan fingerprint density at radius 3 is 2.54 bits per heavy atom. The molecular weight excluding hydrogens is 358 g/mol. The van der Waals surface area contributed by atoms with Gasteiger partial charge in [-0.1, -0.05) is 30.3 Å². The van der Waals surface area contributed by atoms with Gasteiger partial charge in [0.1, 0.15) is 0 Å². The summed E-state index contributed by atoms with van der Waals surface area (Å²) in [5, 5.41) is 2.61. The zero-order valence-corrected chi connectivity index (χ0v) is 16.6. The number of likely N-dealkylation sites (tertiary alicyclic amines) is 2. The van der Waals surface area contributed by atoms with E-state index in [1.807, 2.05) is 47.1 Å². The predicted molar refractivity (Wildman–Crippen MR) is 104 cm³/mol. The van der Waals surface area contributed by atoms with Crippen molar-refractivity contribution in [2.45, 2.75) is 26.3 Å². The average molecular weight is 387 g/mol. The fraction of sp³-hybridized carbons (Fsp3) is 0.571. The van der Waals surface area contributed by atoms with Crippen LogP contribution in [-0.4, -0.2) is 66.9 Å². The molecule has 2 saturated heterocycles. The first kappa shape index (κ1) is 20.3. The lowest BCUT2D eigenvalue weighted by Gasteiger charge is -2.30. The van der Waals surface area contributed by atoms with E-state index in [1.165, 1.54) is 6.92 Å². The van der Waals surface area contributed by atoms with Gasteiger partial charge in [0.2, 0.25) is 17.7 Å². The normalized spacial score (nSPS) is 23.6. The highest BCUT2D eigenvalue weighted by Crippen LogP contribution is 2.45. The van der Waals surface area contributed by atoms with E-state index in [0.29, 0.717) is 39.3 Å². The minimum absolute atomic E-state index is 0.00904. The summed E-state index contributed by atoms with van der Waals surface area (Å²) < 4.78 is 5.31. The molecule has 0 bridgehead atoms. The van der Waals surface area contributed by atoms with Crippen molar-refractivity contribution in [3.8, 4) is 0 Å². The number of nitrogens with zero attached hydrogens (tertiary/aromatic N) is 2. The summed E-state index contributed by atoms with van der Waals surface area (Å²) in [5.74, 6) is 0.288. The van der Waals surface area contributed by atoms with Gasteiger partial charge in [0, 0.05) is 45.0 Å². The number of hydrogen-bond acceptors (Lipinski definition) is 4. The number of carbonyl (C=O) groups is 3. The van der Waals surface area contributed by atoms with Crippen LogP contribution in [0.4, 0.5) is 0 Å². The fourth-order valence-corrected chi connectivity index (χ4v) is 4.35. The molecule has 3 rings (SSSR count). The molecule has 152 valence electrons. The van der Waals surface area contributed by atoms with Gasteiger partial charge in [0.15, 0.2) is 0 Å². The quantitative estimate of drug-likeness (QED) is 0.714. The van der Waals surface area contributed by atoms with Crippen LogP contribution in [0.25, 0.3) is 0 Å². The lowest BCUT2D eigenvalue weighted by atomic mass is 9.89. The van der Waals surface area contributed by atoms with E-state index in [1.54, 1.807) is 0 Å². The molecule has 0 radical (unpaired) electrons. The van der Waals surface area contributed by atoms with Crippen molar-refractivity contribution in [3.63, 3.8) is 0 Å². The Hall–Kier alpha value is -2.41. The van der Waals surface area contributed by atoms with E-state index in [0.717, 1.165) is 5.56 Å². The maximum atomic E-state index is 12.8. The summed E-state index contributed by atoms with van der Waals surface area (Å²) in [4.78, 5) is 40.3. The largest absolute Gasteiger partial charge is 0.381 e. The molecule has 2 aliphatic heterocycles. The Bertz CT molecular complexity index is 709. The van der Waals surface area contributed by atoms with Gasteiger partial charge in [-0.2, -0.15) is 0 Å². The maximum absolute atomic E-state index is 12.8. The van der Waals surface area contributed by atoms with Gasteiger partial charge < -0.3 is 19.9 Å². The first-order valence-corrected chi connectivity index (χ1v) is 9.95. The Morgan fingerprint density at radius 1 is 1.11 bits per heavy atom. The number of nitrogens with one attached hydrogen (secondary N) is 1. The second kappa shape index (κ2) is 9.19. The van der Waals surface area contributed by atoms with Crippen molar-refractivity contribution < 1.29 is 19.1 Å². The molecule has 3 atom stereocenters. The first-order chi connectivity index (χ1) is 13.5. The van der Waals surface area contributed by atoms with E-state index >= 15 is 0 Å². The summed E-state index contributed by atoms with van der Waals surface area (Å²) in [6, 6.07) is 9.89. The molecule has 0 spiro atoms. The van der Waals surface area contributed by atoms with Crippen LogP contribution in [0.15, 0.2) is 30.3 Å². The molecule has 7 nitrogen and oxygen atoms in total. The number of benzene rings is 1. The molecule has 3 amide bonds. The molecule has 2 aliphatic rings. The molecule has 1 aromatic carbocycles. The highest BCUT2D eigenvalue weighted by atomic mass is 16.5. The number of hydrogen-bond donors (Lipinski definition) is 1. The van der Waals surface area contributed by atoms with Crippen LogP contribution in [0.3, 0.4) is 0 Å². The molecule has 1 N–H and O–H groups in total. The van der Waals surface area contributed by atoms with Crippen molar-refractivity contribution in [2.24, 2.45) is 11.8 Å². The Labute approximate surface area is 166 Å². The summed E-state index contributed by atoms with van der Waals surface area (Å²) in [6.45, 7) is 6.33. The smallest absolute Gasteiger partial charge is 0.242 e. The maximum Gasteiger partial charge on any atom is 0.242 e. The molecule has 2 heterocycles. The van der Waals surface area contributed by atoms with Crippen LogP contribution >= 0.6 is 0 Å². The Balaban J connectivity index is 1.72. The third-order valence-corrected chi connectivity index (χ3v) is 5.63. The minimum atomic E-state index is -0.213. The van der Waals surface area contributed by atoms with Crippen LogP contribution in [0, 0.1) is 11.8 Å². The van der Waals surface area contributed by atoms with Gasteiger partial charge in [-0.05, 0) is 12.5 Å². The van der Waals surface area contributed by atoms with Crippen LogP contribution in [0.1, 0.15) is 31.9 Å².